The summed E-state index contributed by atoms with van der Waals surface area (Å²) in [5.41, 5.74) is 0.656. The van der Waals surface area contributed by atoms with Gasteiger partial charge in [0.25, 0.3) is 11.6 Å². The largest absolute Gasteiger partial charge is 0.496 e. The molecule has 9 nitrogen and oxygen atoms in total. The summed E-state index contributed by atoms with van der Waals surface area (Å²) in [6.07, 6.45) is -1.19. The second-order valence-corrected chi connectivity index (χ2v) is 5.88. The molecule has 0 aromatic heterocycles. The minimum atomic E-state index is -1.33. The number of carbonyl (C=O) groups excluding carboxylic acids is 1. The highest BCUT2D eigenvalue weighted by atomic mass is 16.6. The molecule has 1 amide bonds. The first-order valence-corrected chi connectivity index (χ1v) is 8.29. The van der Waals surface area contributed by atoms with Crippen LogP contribution in [-0.2, 0) is 20.7 Å². The van der Waals surface area contributed by atoms with Gasteiger partial charge in [0.2, 0.25) is 0 Å². The number of hydrogen-bond acceptors (Lipinski definition) is 6. The molecule has 0 saturated heterocycles. The average molecular weight is 388 g/mol. The number of ether oxygens (including phenoxy) is 2. The fourth-order valence-electron chi connectivity index (χ4n) is 2.73. The Hall–Kier alpha value is -3.46. The first kappa shape index (κ1) is 20.8. The molecule has 2 rings (SSSR count). The number of carbonyl (C=O) groups is 2. The Morgan fingerprint density at radius 2 is 1.86 bits per heavy atom. The molecule has 2 N–H and O–H groups in total. The normalized spacial score (nSPS) is 12.6. The van der Waals surface area contributed by atoms with E-state index >= 15 is 0 Å². The van der Waals surface area contributed by atoms with E-state index in [4.69, 9.17) is 9.47 Å². The van der Waals surface area contributed by atoms with E-state index in [0.29, 0.717) is 5.56 Å². The van der Waals surface area contributed by atoms with Gasteiger partial charge in [-0.25, -0.2) is 4.79 Å². The molecule has 0 aliphatic carbocycles. The number of methoxy groups -OCH3 is 2. The molecule has 148 valence electrons. The van der Waals surface area contributed by atoms with Gasteiger partial charge in [-0.15, -0.1) is 0 Å². The number of rotatable bonds is 9. The van der Waals surface area contributed by atoms with E-state index < -0.39 is 28.9 Å². The smallest absolute Gasteiger partial charge is 0.326 e. The van der Waals surface area contributed by atoms with Crippen molar-refractivity contribution in [2.45, 2.75) is 18.6 Å². The third-order valence-corrected chi connectivity index (χ3v) is 4.09. The van der Waals surface area contributed by atoms with Gasteiger partial charge in [0.1, 0.15) is 11.8 Å². The number of nitro benzene ring substituents is 1. The number of nitro groups is 1. The zero-order valence-electron chi connectivity index (χ0n) is 15.3. The lowest BCUT2D eigenvalue weighted by Gasteiger charge is -2.20. The van der Waals surface area contributed by atoms with Crippen LogP contribution < -0.4 is 10.1 Å². The third-order valence-electron chi connectivity index (χ3n) is 4.09. The van der Waals surface area contributed by atoms with Crippen LogP contribution in [0.5, 0.6) is 5.75 Å². The van der Waals surface area contributed by atoms with Gasteiger partial charge in [-0.05, 0) is 11.6 Å². The molecule has 2 atom stereocenters. The summed E-state index contributed by atoms with van der Waals surface area (Å²) < 4.78 is 10.4. The van der Waals surface area contributed by atoms with E-state index in [1.54, 1.807) is 30.3 Å². The Morgan fingerprint density at radius 1 is 1.18 bits per heavy atom. The molecule has 28 heavy (non-hydrogen) atoms. The fourth-order valence-corrected chi connectivity index (χ4v) is 2.73. The SMILES string of the molecule is COc1ccc([N+](=O)[O-])cc1C[C@@H](NC(=O)[C@@H](OC)c1ccccc1)C(=O)O. The van der Waals surface area contributed by atoms with Crippen LogP contribution in [0.1, 0.15) is 17.2 Å². The maximum absolute atomic E-state index is 12.6. The molecule has 0 radical (unpaired) electrons. The number of carboxylic acid groups (broad SMARTS) is 1. The monoisotopic (exact) mass is 388 g/mol. The van der Waals surface area contributed by atoms with Crippen molar-refractivity contribution in [2.24, 2.45) is 0 Å². The number of non-ortho nitro benzene ring substituents is 1. The van der Waals surface area contributed by atoms with E-state index in [0.717, 1.165) is 0 Å². The molecule has 0 heterocycles. The topological polar surface area (TPSA) is 128 Å². The number of aliphatic carboxylic acids is 1. The van der Waals surface area contributed by atoms with E-state index in [1.165, 1.54) is 32.4 Å². The zero-order valence-corrected chi connectivity index (χ0v) is 15.3. The van der Waals surface area contributed by atoms with Gasteiger partial charge >= 0.3 is 5.97 Å². The van der Waals surface area contributed by atoms with Crippen molar-refractivity contribution in [3.63, 3.8) is 0 Å². The Bertz CT molecular complexity index is 855. The maximum Gasteiger partial charge on any atom is 0.326 e. The molecular weight excluding hydrogens is 368 g/mol. The standard InChI is InChI=1S/C19H20N2O7/c1-27-16-9-8-14(21(25)26)10-13(16)11-15(19(23)24)20-18(22)17(28-2)12-6-4-3-5-7-12/h3-10,15,17H,11H2,1-2H3,(H,20,22)(H,23,24)/t15-,17+/m1/s1. The van der Waals surface area contributed by atoms with Gasteiger partial charge in [0.15, 0.2) is 6.10 Å². The van der Waals surface area contributed by atoms with Crippen LogP contribution in [0.2, 0.25) is 0 Å². The van der Waals surface area contributed by atoms with Crippen LogP contribution in [0.25, 0.3) is 0 Å². The highest BCUT2D eigenvalue weighted by molar-refractivity contribution is 5.87. The summed E-state index contributed by atoms with van der Waals surface area (Å²) in [5, 5.41) is 22.9. The highest BCUT2D eigenvalue weighted by Crippen LogP contribution is 2.25. The van der Waals surface area contributed by atoms with Crippen LogP contribution in [0.15, 0.2) is 48.5 Å². The summed E-state index contributed by atoms with van der Waals surface area (Å²) >= 11 is 0. The summed E-state index contributed by atoms with van der Waals surface area (Å²) in [4.78, 5) is 34.7. The predicted octanol–water partition coefficient (Wildman–Crippen LogP) is 2.10. The Kier molecular flexibility index (Phi) is 7.05. The van der Waals surface area contributed by atoms with Crippen LogP contribution in [-0.4, -0.2) is 42.2 Å². The molecule has 0 unspecified atom stereocenters. The van der Waals surface area contributed by atoms with Crippen molar-refractivity contribution in [3.05, 3.63) is 69.8 Å². The van der Waals surface area contributed by atoms with Crippen LogP contribution in [0, 0.1) is 10.1 Å². The average Bonchev–Trinajstić information content (AvgIpc) is 2.68. The van der Waals surface area contributed by atoms with Gasteiger partial charge in [-0.1, -0.05) is 30.3 Å². The predicted molar refractivity (Wildman–Crippen MR) is 99.1 cm³/mol. The fraction of sp³-hybridized carbons (Fsp3) is 0.263. The number of benzene rings is 2. The minimum absolute atomic E-state index is 0.197. The Morgan fingerprint density at radius 3 is 2.39 bits per heavy atom. The minimum Gasteiger partial charge on any atom is -0.496 e. The summed E-state index contributed by atoms with van der Waals surface area (Å²) in [6, 6.07) is 11.2. The number of amides is 1. The lowest BCUT2D eigenvalue weighted by molar-refractivity contribution is -0.384. The van der Waals surface area contributed by atoms with Crippen LogP contribution >= 0.6 is 0 Å². The molecule has 9 heteroatoms. The lowest BCUT2D eigenvalue weighted by atomic mass is 10.0. The number of hydrogen-bond donors (Lipinski definition) is 2. The zero-order chi connectivity index (χ0) is 20.7. The molecule has 0 saturated carbocycles. The van der Waals surface area contributed by atoms with Crippen molar-refractivity contribution in [1.29, 1.82) is 0 Å². The van der Waals surface area contributed by atoms with E-state index in [2.05, 4.69) is 5.32 Å². The quantitative estimate of drug-likeness (QED) is 0.497. The van der Waals surface area contributed by atoms with Crippen molar-refractivity contribution < 1.29 is 29.1 Å². The van der Waals surface area contributed by atoms with Crippen molar-refractivity contribution in [2.75, 3.05) is 14.2 Å². The number of nitrogens with zero attached hydrogens (tertiary/aromatic N) is 1. The first-order valence-electron chi connectivity index (χ1n) is 8.29. The van der Waals surface area contributed by atoms with Crippen molar-refractivity contribution in [1.82, 2.24) is 5.32 Å². The number of carboxylic acids is 1. The molecule has 0 aliphatic rings. The van der Waals surface area contributed by atoms with Crippen LogP contribution in [0.3, 0.4) is 0 Å². The van der Waals surface area contributed by atoms with Gasteiger partial charge in [0, 0.05) is 31.2 Å². The van der Waals surface area contributed by atoms with Gasteiger partial charge in [0.05, 0.1) is 12.0 Å². The van der Waals surface area contributed by atoms with Gasteiger partial charge in [-0.3, -0.25) is 14.9 Å². The van der Waals surface area contributed by atoms with Crippen molar-refractivity contribution >= 4 is 17.6 Å². The molecule has 2 aromatic rings. The second kappa shape index (κ2) is 9.47. The van der Waals surface area contributed by atoms with E-state index in [1.807, 2.05) is 0 Å². The molecule has 2 aromatic carbocycles. The molecule has 0 spiro atoms. The van der Waals surface area contributed by atoms with E-state index in [-0.39, 0.29) is 23.4 Å². The summed E-state index contributed by atoms with van der Waals surface area (Å²) in [7, 11) is 2.71. The first-order chi connectivity index (χ1) is 13.4. The Balaban J connectivity index is 2.24. The Labute approximate surface area is 161 Å². The highest BCUT2D eigenvalue weighted by Gasteiger charge is 2.28. The second-order valence-electron chi connectivity index (χ2n) is 5.88. The third kappa shape index (κ3) is 5.04. The lowest BCUT2D eigenvalue weighted by Crippen LogP contribution is -2.44. The maximum atomic E-state index is 12.6. The number of nitrogens with one attached hydrogen (secondary N) is 1. The van der Waals surface area contributed by atoms with Gasteiger partial charge in [-0.2, -0.15) is 0 Å². The summed E-state index contributed by atoms with van der Waals surface area (Å²) in [6.45, 7) is 0. The molecule has 0 fully saturated rings. The molecule has 0 aliphatic heterocycles. The van der Waals surface area contributed by atoms with Crippen LogP contribution in [0.4, 0.5) is 5.69 Å². The molecule has 0 bridgehead atoms. The van der Waals surface area contributed by atoms with Crippen molar-refractivity contribution in [3.8, 4) is 5.75 Å². The van der Waals surface area contributed by atoms with Gasteiger partial charge < -0.3 is 19.9 Å². The summed E-state index contributed by atoms with van der Waals surface area (Å²) in [5.74, 6) is -1.63. The van der Waals surface area contributed by atoms with E-state index in [9.17, 15) is 24.8 Å². The molecular formula is C19H20N2O7.